The fraction of sp³-hybridized carbons (Fsp3) is 0.100. The second-order valence-corrected chi connectivity index (χ2v) is 3.67. The summed E-state index contributed by atoms with van der Waals surface area (Å²) in [6, 6.07) is 1.34. The molecule has 0 aliphatic rings. The average molecular weight is 255 g/mol. The Hall–Kier alpha value is -2.08. The predicted octanol–water partition coefficient (Wildman–Crippen LogP) is 1.64. The number of nitro groups is 1. The second kappa shape index (κ2) is 5.31. The van der Waals surface area contributed by atoms with Crippen molar-refractivity contribution >= 4 is 23.0 Å². The molecular formula is C10H11ClN4O2. The number of halogens is 1. The lowest BCUT2D eigenvalue weighted by Gasteiger charge is -2.04. The summed E-state index contributed by atoms with van der Waals surface area (Å²) in [5.41, 5.74) is 12.1. The summed E-state index contributed by atoms with van der Waals surface area (Å²) in [6.45, 7) is 1.69. The van der Waals surface area contributed by atoms with Crippen molar-refractivity contribution in [2.75, 3.05) is 0 Å². The quantitative estimate of drug-likeness (QED) is 0.484. The Morgan fingerprint density at radius 2 is 2.29 bits per heavy atom. The van der Waals surface area contributed by atoms with Crippen LogP contribution in [0.4, 0.5) is 5.69 Å². The molecular weight excluding hydrogens is 244 g/mol. The monoisotopic (exact) mass is 254 g/mol. The van der Waals surface area contributed by atoms with Crippen molar-refractivity contribution in [3.63, 3.8) is 0 Å². The Morgan fingerprint density at radius 3 is 2.82 bits per heavy atom. The van der Waals surface area contributed by atoms with Gasteiger partial charge in [0.1, 0.15) is 6.20 Å². The minimum absolute atomic E-state index is 0.130. The molecule has 7 heteroatoms. The highest BCUT2D eigenvalue weighted by molar-refractivity contribution is 6.31. The van der Waals surface area contributed by atoms with Crippen LogP contribution >= 0.6 is 11.6 Å². The zero-order valence-electron chi connectivity index (χ0n) is 9.05. The number of nitrogens with two attached hydrogens (primary N) is 2. The highest BCUT2D eigenvalue weighted by atomic mass is 35.5. The van der Waals surface area contributed by atoms with E-state index < -0.39 is 4.92 Å². The molecule has 17 heavy (non-hydrogen) atoms. The largest absolute Gasteiger partial charge is 0.403 e. The van der Waals surface area contributed by atoms with E-state index in [2.05, 4.69) is 4.98 Å². The lowest BCUT2D eigenvalue weighted by molar-refractivity contribution is -0.385. The van der Waals surface area contributed by atoms with Crippen LogP contribution in [0.2, 0.25) is 0 Å². The van der Waals surface area contributed by atoms with Crippen molar-refractivity contribution in [1.82, 2.24) is 4.98 Å². The van der Waals surface area contributed by atoms with Crippen LogP contribution in [-0.4, -0.2) is 9.91 Å². The predicted molar refractivity (Wildman–Crippen MR) is 65.9 cm³/mol. The van der Waals surface area contributed by atoms with Crippen LogP contribution in [-0.2, 0) is 0 Å². The summed E-state index contributed by atoms with van der Waals surface area (Å²) in [5.74, 6) is 0. The van der Waals surface area contributed by atoms with Gasteiger partial charge in [0.25, 0.3) is 5.69 Å². The number of hydrogen-bond donors (Lipinski definition) is 2. The summed E-state index contributed by atoms with van der Waals surface area (Å²) < 4.78 is 0. The van der Waals surface area contributed by atoms with Gasteiger partial charge in [0.2, 0.25) is 0 Å². The van der Waals surface area contributed by atoms with E-state index in [-0.39, 0.29) is 16.4 Å². The maximum absolute atomic E-state index is 10.6. The third-order valence-electron chi connectivity index (χ3n) is 2.05. The number of rotatable bonds is 3. The van der Waals surface area contributed by atoms with Crippen molar-refractivity contribution in [2.24, 2.45) is 11.5 Å². The fourth-order valence-corrected chi connectivity index (χ4v) is 1.31. The van der Waals surface area contributed by atoms with Gasteiger partial charge in [-0.05, 0) is 13.0 Å². The first-order valence-corrected chi connectivity index (χ1v) is 4.99. The van der Waals surface area contributed by atoms with Crippen molar-refractivity contribution in [3.05, 3.63) is 50.9 Å². The topological polar surface area (TPSA) is 108 Å². The standard InChI is InChI=1S/C10H11ClN4O2/c1-6-9(10(13)2-7(11)4-12)3-8(5-14-6)15(16)17/h2-5H,12-13H2,1H3/b7-4+,10-2-. The fourth-order valence-electron chi connectivity index (χ4n) is 1.19. The minimum atomic E-state index is -0.538. The Balaban J connectivity index is 3.26. The molecule has 90 valence electrons. The molecule has 1 aromatic heterocycles. The number of nitrogens with zero attached hydrogens (tertiary/aromatic N) is 2. The summed E-state index contributed by atoms with van der Waals surface area (Å²) >= 11 is 5.69. The van der Waals surface area contributed by atoms with Gasteiger partial charge < -0.3 is 11.5 Å². The molecule has 1 rings (SSSR count). The molecule has 0 saturated heterocycles. The normalized spacial score (nSPS) is 12.6. The van der Waals surface area contributed by atoms with Crippen molar-refractivity contribution in [1.29, 1.82) is 0 Å². The lowest BCUT2D eigenvalue weighted by Crippen LogP contribution is -2.02. The highest BCUT2D eigenvalue weighted by Crippen LogP contribution is 2.20. The third kappa shape index (κ3) is 3.18. The van der Waals surface area contributed by atoms with E-state index >= 15 is 0 Å². The lowest BCUT2D eigenvalue weighted by atomic mass is 10.1. The molecule has 6 nitrogen and oxygen atoms in total. The van der Waals surface area contributed by atoms with Crippen molar-refractivity contribution < 1.29 is 4.92 Å². The Bertz CT molecular complexity index is 511. The van der Waals surface area contributed by atoms with Crippen molar-refractivity contribution in [2.45, 2.75) is 6.92 Å². The maximum Gasteiger partial charge on any atom is 0.288 e. The molecule has 0 aliphatic carbocycles. The van der Waals surface area contributed by atoms with Gasteiger partial charge in [0.15, 0.2) is 0 Å². The van der Waals surface area contributed by atoms with Gasteiger partial charge in [-0.15, -0.1) is 0 Å². The smallest absolute Gasteiger partial charge is 0.288 e. The molecule has 1 heterocycles. The van der Waals surface area contributed by atoms with Gasteiger partial charge in [-0.2, -0.15) is 0 Å². The Kier molecular flexibility index (Phi) is 4.06. The zero-order valence-corrected chi connectivity index (χ0v) is 9.81. The van der Waals surface area contributed by atoms with E-state index in [0.29, 0.717) is 11.3 Å². The molecule has 0 fully saturated rings. The SMILES string of the molecule is Cc1ncc([N+](=O)[O-])cc1/C(N)=C/C(Cl)=C\N. The molecule has 4 N–H and O–H groups in total. The second-order valence-electron chi connectivity index (χ2n) is 3.23. The first-order valence-electron chi connectivity index (χ1n) is 4.61. The maximum atomic E-state index is 10.6. The van der Waals surface area contributed by atoms with Crippen LogP contribution in [0.3, 0.4) is 0 Å². The van der Waals surface area contributed by atoms with Crippen LogP contribution < -0.4 is 11.5 Å². The molecule has 0 unspecified atom stereocenters. The van der Waals surface area contributed by atoms with Gasteiger partial charge in [0.05, 0.1) is 9.96 Å². The van der Waals surface area contributed by atoms with E-state index in [1.165, 1.54) is 24.5 Å². The molecule has 0 amide bonds. The van der Waals surface area contributed by atoms with E-state index in [9.17, 15) is 10.1 Å². The summed E-state index contributed by atoms with van der Waals surface area (Å²) in [7, 11) is 0. The van der Waals surface area contributed by atoms with E-state index in [4.69, 9.17) is 23.1 Å². The number of aryl methyl sites for hydroxylation is 1. The Labute approximate surface area is 103 Å². The molecule has 0 aliphatic heterocycles. The molecule has 0 aromatic carbocycles. The van der Waals surface area contributed by atoms with Crippen LogP contribution in [0.25, 0.3) is 5.70 Å². The molecule has 0 spiro atoms. The van der Waals surface area contributed by atoms with Gasteiger partial charge in [-0.25, -0.2) is 0 Å². The Morgan fingerprint density at radius 1 is 1.65 bits per heavy atom. The molecule has 0 bridgehead atoms. The third-order valence-corrected chi connectivity index (χ3v) is 2.28. The minimum Gasteiger partial charge on any atom is -0.403 e. The van der Waals surface area contributed by atoms with Crippen LogP contribution in [0.15, 0.2) is 29.6 Å². The van der Waals surface area contributed by atoms with Gasteiger partial charge in [-0.3, -0.25) is 15.1 Å². The molecule has 0 atom stereocenters. The van der Waals surface area contributed by atoms with E-state index in [0.717, 1.165) is 0 Å². The zero-order chi connectivity index (χ0) is 13.0. The van der Waals surface area contributed by atoms with Crippen LogP contribution in [0, 0.1) is 17.0 Å². The van der Waals surface area contributed by atoms with Gasteiger partial charge >= 0.3 is 0 Å². The first kappa shape index (κ1) is 13.0. The van der Waals surface area contributed by atoms with Crippen LogP contribution in [0.1, 0.15) is 11.3 Å². The molecule has 0 saturated carbocycles. The summed E-state index contributed by atoms with van der Waals surface area (Å²) in [5, 5.41) is 10.9. The highest BCUT2D eigenvalue weighted by Gasteiger charge is 2.11. The first-order chi connectivity index (χ1) is 7.95. The van der Waals surface area contributed by atoms with E-state index in [1.54, 1.807) is 6.92 Å². The van der Waals surface area contributed by atoms with Crippen molar-refractivity contribution in [3.8, 4) is 0 Å². The van der Waals surface area contributed by atoms with Crippen LogP contribution in [0.5, 0.6) is 0 Å². The molecule has 1 aromatic rings. The number of hydrogen-bond acceptors (Lipinski definition) is 5. The number of pyridine rings is 1. The number of aromatic nitrogens is 1. The average Bonchev–Trinajstić information content (AvgIpc) is 2.28. The molecule has 0 radical (unpaired) electrons. The van der Waals surface area contributed by atoms with Gasteiger partial charge in [0, 0.05) is 29.2 Å². The summed E-state index contributed by atoms with van der Waals surface area (Å²) in [6.07, 6.45) is 3.76. The van der Waals surface area contributed by atoms with E-state index in [1.807, 2.05) is 0 Å². The van der Waals surface area contributed by atoms with Gasteiger partial charge in [-0.1, -0.05) is 11.6 Å². The number of allylic oxidation sites excluding steroid dienone is 2. The summed E-state index contributed by atoms with van der Waals surface area (Å²) in [4.78, 5) is 14.0.